The van der Waals surface area contributed by atoms with E-state index in [1.54, 1.807) is 43.0 Å². The Balaban J connectivity index is 1.75. The topological polar surface area (TPSA) is 78.5 Å². The summed E-state index contributed by atoms with van der Waals surface area (Å²) in [6.07, 6.45) is 1.95. The second kappa shape index (κ2) is 8.03. The molecule has 6 nitrogen and oxygen atoms in total. The van der Waals surface area contributed by atoms with Crippen LogP contribution in [0.1, 0.15) is 12.5 Å². The van der Waals surface area contributed by atoms with Crippen molar-refractivity contribution in [2.24, 2.45) is 0 Å². The number of carbonyl (C=O) groups excluding carboxylic acids is 3. The second-order valence-corrected chi connectivity index (χ2v) is 8.07. The fourth-order valence-electron chi connectivity index (χ4n) is 2.94. The van der Waals surface area contributed by atoms with Gasteiger partial charge < -0.3 is 10.6 Å². The number of hydrogen-bond donors (Lipinski definition) is 2. The Morgan fingerprint density at radius 2 is 1.86 bits per heavy atom. The Kier molecular flexibility index (Phi) is 5.88. The molecule has 2 aromatic carbocycles. The Hall–Kier alpha value is -2.22. The lowest BCUT2D eigenvalue weighted by atomic mass is 9.92. The molecule has 1 fully saturated rings. The van der Waals surface area contributed by atoms with Crippen LogP contribution in [-0.2, 0) is 15.1 Å². The van der Waals surface area contributed by atoms with E-state index in [2.05, 4.69) is 10.6 Å². The number of hydrogen-bond acceptors (Lipinski definition) is 4. The Labute approximate surface area is 176 Å². The molecule has 0 spiro atoms. The SMILES string of the molecule is CSc1ccc(NC(=O)CN2C(=O)NC(C)(c3ccc(Cl)cc3Cl)C2=O)cc1. The largest absolute Gasteiger partial charge is 0.325 e. The van der Waals surface area contributed by atoms with E-state index >= 15 is 0 Å². The van der Waals surface area contributed by atoms with Gasteiger partial charge in [0.05, 0.1) is 0 Å². The number of carbonyl (C=O) groups is 3. The summed E-state index contributed by atoms with van der Waals surface area (Å²) in [5, 5.41) is 5.97. The van der Waals surface area contributed by atoms with Crippen molar-refractivity contribution >= 4 is 58.5 Å². The zero-order chi connectivity index (χ0) is 20.5. The molecule has 0 bridgehead atoms. The Morgan fingerprint density at radius 3 is 2.46 bits per heavy atom. The van der Waals surface area contributed by atoms with Gasteiger partial charge in [-0.25, -0.2) is 4.79 Å². The molecular weight excluding hydrogens is 421 g/mol. The first-order valence-corrected chi connectivity index (χ1v) is 10.3. The van der Waals surface area contributed by atoms with Crippen LogP contribution in [-0.4, -0.2) is 35.5 Å². The van der Waals surface area contributed by atoms with Gasteiger partial charge in [0.15, 0.2) is 0 Å². The lowest BCUT2D eigenvalue weighted by Crippen LogP contribution is -2.42. The molecule has 0 aromatic heterocycles. The maximum atomic E-state index is 12.9. The van der Waals surface area contributed by atoms with E-state index < -0.39 is 29.9 Å². The molecular formula is C19H17Cl2N3O3S. The minimum absolute atomic E-state index is 0.254. The molecule has 2 aromatic rings. The monoisotopic (exact) mass is 437 g/mol. The molecule has 1 aliphatic rings. The third-order valence-corrected chi connectivity index (χ3v) is 5.71. The summed E-state index contributed by atoms with van der Waals surface area (Å²) >= 11 is 13.7. The predicted molar refractivity (Wildman–Crippen MR) is 111 cm³/mol. The summed E-state index contributed by atoms with van der Waals surface area (Å²) in [5.74, 6) is -1.04. The first-order valence-electron chi connectivity index (χ1n) is 8.28. The number of amides is 4. The first-order chi connectivity index (χ1) is 13.2. The van der Waals surface area contributed by atoms with Gasteiger partial charge in [-0.15, -0.1) is 11.8 Å². The van der Waals surface area contributed by atoms with Crippen molar-refractivity contribution in [3.8, 4) is 0 Å². The third kappa shape index (κ3) is 3.97. The minimum atomic E-state index is -1.38. The zero-order valence-electron chi connectivity index (χ0n) is 15.1. The molecule has 1 atom stereocenters. The van der Waals surface area contributed by atoms with Crippen molar-refractivity contribution in [1.29, 1.82) is 0 Å². The van der Waals surface area contributed by atoms with Crippen LogP contribution in [0.3, 0.4) is 0 Å². The van der Waals surface area contributed by atoms with Gasteiger partial charge in [-0.05, 0) is 49.6 Å². The standard InChI is InChI=1S/C19H17Cl2N3O3S/c1-19(14-8-3-11(20)9-15(14)21)17(26)24(18(27)23-19)10-16(25)22-12-4-6-13(28-2)7-5-12/h3-9H,10H2,1-2H3,(H,22,25)(H,23,27). The van der Waals surface area contributed by atoms with E-state index in [-0.39, 0.29) is 5.02 Å². The van der Waals surface area contributed by atoms with Crippen LogP contribution in [0.2, 0.25) is 10.0 Å². The average molecular weight is 438 g/mol. The normalized spacial score (nSPS) is 18.9. The van der Waals surface area contributed by atoms with E-state index in [1.165, 1.54) is 6.07 Å². The van der Waals surface area contributed by atoms with Crippen LogP contribution in [0.15, 0.2) is 47.4 Å². The van der Waals surface area contributed by atoms with Crippen LogP contribution in [0.4, 0.5) is 10.5 Å². The Morgan fingerprint density at radius 1 is 1.18 bits per heavy atom. The van der Waals surface area contributed by atoms with Crippen molar-refractivity contribution < 1.29 is 14.4 Å². The number of benzene rings is 2. The number of urea groups is 1. The number of nitrogens with one attached hydrogen (secondary N) is 2. The van der Waals surface area contributed by atoms with Crippen molar-refractivity contribution in [2.45, 2.75) is 17.4 Å². The van der Waals surface area contributed by atoms with Crippen LogP contribution in [0.25, 0.3) is 0 Å². The fourth-order valence-corrected chi connectivity index (χ4v) is 3.94. The van der Waals surface area contributed by atoms with E-state index in [9.17, 15) is 14.4 Å². The molecule has 0 aliphatic carbocycles. The highest BCUT2D eigenvalue weighted by molar-refractivity contribution is 7.98. The lowest BCUT2D eigenvalue weighted by Gasteiger charge is -2.23. The average Bonchev–Trinajstić information content (AvgIpc) is 2.86. The van der Waals surface area contributed by atoms with Crippen molar-refractivity contribution in [3.63, 3.8) is 0 Å². The molecule has 3 rings (SSSR count). The quantitative estimate of drug-likeness (QED) is 0.544. The predicted octanol–water partition coefficient (Wildman–Crippen LogP) is 4.12. The van der Waals surface area contributed by atoms with Gasteiger partial charge in [-0.3, -0.25) is 14.5 Å². The molecule has 146 valence electrons. The number of halogens is 2. The van der Waals surface area contributed by atoms with Gasteiger partial charge in [0.25, 0.3) is 5.91 Å². The number of anilines is 1. The van der Waals surface area contributed by atoms with E-state index in [1.807, 2.05) is 18.4 Å². The number of imide groups is 1. The highest BCUT2D eigenvalue weighted by Crippen LogP contribution is 2.34. The van der Waals surface area contributed by atoms with E-state index in [0.717, 1.165) is 9.80 Å². The smallest absolute Gasteiger partial charge is 0.325 e. The highest BCUT2D eigenvalue weighted by Gasteiger charge is 2.50. The molecule has 0 radical (unpaired) electrons. The third-order valence-electron chi connectivity index (χ3n) is 4.42. The highest BCUT2D eigenvalue weighted by atomic mass is 35.5. The van der Waals surface area contributed by atoms with Crippen LogP contribution < -0.4 is 10.6 Å². The van der Waals surface area contributed by atoms with Crippen molar-refractivity contribution in [2.75, 3.05) is 18.1 Å². The van der Waals surface area contributed by atoms with Gasteiger partial charge in [0.2, 0.25) is 5.91 Å². The molecule has 4 amide bonds. The number of nitrogens with zero attached hydrogens (tertiary/aromatic N) is 1. The first kappa shape index (κ1) is 20.5. The van der Waals surface area contributed by atoms with Crippen LogP contribution in [0.5, 0.6) is 0 Å². The summed E-state index contributed by atoms with van der Waals surface area (Å²) in [6.45, 7) is 1.14. The Bertz CT molecular complexity index is 952. The number of thioether (sulfide) groups is 1. The van der Waals surface area contributed by atoms with Gasteiger partial charge >= 0.3 is 6.03 Å². The van der Waals surface area contributed by atoms with Gasteiger partial charge in [-0.1, -0.05) is 29.3 Å². The van der Waals surface area contributed by atoms with Gasteiger partial charge in [0.1, 0.15) is 12.1 Å². The molecule has 1 unspecified atom stereocenters. The van der Waals surface area contributed by atoms with Gasteiger partial charge in [-0.2, -0.15) is 0 Å². The summed E-state index contributed by atoms with van der Waals surface area (Å²) in [7, 11) is 0. The number of rotatable bonds is 5. The second-order valence-electron chi connectivity index (χ2n) is 6.35. The van der Waals surface area contributed by atoms with Crippen LogP contribution >= 0.6 is 35.0 Å². The van der Waals surface area contributed by atoms with Gasteiger partial charge in [0, 0.05) is 26.2 Å². The maximum Gasteiger partial charge on any atom is 0.325 e. The van der Waals surface area contributed by atoms with Crippen molar-refractivity contribution in [1.82, 2.24) is 10.2 Å². The lowest BCUT2D eigenvalue weighted by molar-refractivity contribution is -0.133. The minimum Gasteiger partial charge on any atom is -0.325 e. The molecule has 0 saturated carbocycles. The molecule has 1 saturated heterocycles. The summed E-state index contributed by atoms with van der Waals surface area (Å²) in [6, 6.07) is 11.3. The molecule has 28 heavy (non-hydrogen) atoms. The summed E-state index contributed by atoms with van der Waals surface area (Å²) in [4.78, 5) is 39.5. The zero-order valence-corrected chi connectivity index (χ0v) is 17.4. The van der Waals surface area contributed by atoms with E-state index in [4.69, 9.17) is 23.2 Å². The molecule has 9 heteroatoms. The summed E-state index contributed by atoms with van der Waals surface area (Å²) < 4.78 is 0. The molecule has 1 heterocycles. The summed E-state index contributed by atoms with van der Waals surface area (Å²) in [5.41, 5.74) is -0.384. The molecule has 2 N–H and O–H groups in total. The molecule has 1 aliphatic heterocycles. The fraction of sp³-hybridized carbons (Fsp3) is 0.211. The van der Waals surface area contributed by atoms with E-state index in [0.29, 0.717) is 16.3 Å². The van der Waals surface area contributed by atoms with Crippen molar-refractivity contribution in [3.05, 3.63) is 58.1 Å². The maximum absolute atomic E-state index is 12.9. The van der Waals surface area contributed by atoms with Crippen LogP contribution in [0, 0.1) is 0 Å².